The Labute approximate surface area is 131 Å². The third-order valence-electron chi connectivity index (χ3n) is 3.86. The third kappa shape index (κ3) is 2.79. The summed E-state index contributed by atoms with van der Waals surface area (Å²) >= 11 is 0. The van der Waals surface area contributed by atoms with E-state index in [0.717, 1.165) is 4.31 Å². The maximum absolute atomic E-state index is 13.3. The topological polar surface area (TPSA) is 76.3 Å². The highest BCUT2D eigenvalue weighted by atomic mass is 32.2. The van der Waals surface area contributed by atoms with Crippen molar-refractivity contribution < 1.29 is 21.6 Å². The van der Waals surface area contributed by atoms with Crippen LogP contribution in [-0.2, 0) is 16.2 Å². The van der Waals surface area contributed by atoms with Gasteiger partial charge >= 0.3 is 6.18 Å². The van der Waals surface area contributed by atoms with Gasteiger partial charge in [0.2, 0.25) is 10.0 Å². The van der Waals surface area contributed by atoms with Crippen molar-refractivity contribution in [1.29, 1.82) is 0 Å². The van der Waals surface area contributed by atoms with Crippen molar-refractivity contribution in [3.8, 4) is 0 Å². The molecule has 0 aliphatic carbocycles. The second kappa shape index (κ2) is 5.43. The normalized spacial score (nSPS) is 20.3. The van der Waals surface area contributed by atoms with Crippen molar-refractivity contribution in [3.05, 3.63) is 36.2 Å². The van der Waals surface area contributed by atoms with Gasteiger partial charge in [0.1, 0.15) is 0 Å². The van der Waals surface area contributed by atoms with Crippen LogP contribution >= 0.6 is 0 Å². The monoisotopic (exact) mass is 345 g/mol. The van der Waals surface area contributed by atoms with Crippen LogP contribution in [0.2, 0.25) is 0 Å². The van der Waals surface area contributed by atoms with E-state index in [1.165, 1.54) is 24.4 Å². The summed E-state index contributed by atoms with van der Waals surface area (Å²) in [5.74, 6) is 0. The first-order valence-electron chi connectivity index (χ1n) is 6.91. The Morgan fingerprint density at radius 3 is 2.61 bits per heavy atom. The third-order valence-corrected chi connectivity index (χ3v) is 5.76. The Kier molecular flexibility index (Phi) is 3.81. The largest absolute Gasteiger partial charge is 0.418 e. The molecule has 1 aliphatic heterocycles. The van der Waals surface area contributed by atoms with E-state index in [2.05, 4.69) is 4.98 Å². The molecule has 9 heteroatoms. The van der Waals surface area contributed by atoms with E-state index in [-0.39, 0.29) is 34.8 Å². The predicted molar refractivity (Wildman–Crippen MR) is 78.1 cm³/mol. The van der Waals surface area contributed by atoms with E-state index in [1.807, 2.05) is 0 Å². The number of aromatic nitrogens is 1. The van der Waals surface area contributed by atoms with Crippen LogP contribution in [0, 0.1) is 0 Å². The van der Waals surface area contributed by atoms with Crippen molar-refractivity contribution in [1.82, 2.24) is 9.29 Å². The van der Waals surface area contributed by atoms with Gasteiger partial charge < -0.3 is 5.73 Å². The number of hydrogen-bond donors (Lipinski definition) is 1. The van der Waals surface area contributed by atoms with E-state index < -0.39 is 21.8 Å². The summed E-state index contributed by atoms with van der Waals surface area (Å²) in [6, 6.07) is 3.71. The van der Waals surface area contributed by atoms with Gasteiger partial charge in [-0.3, -0.25) is 4.98 Å². The molecule has 1 aliphatic rings. The lowest BCUT2D eigenvalue weighted by Gasteiger charge is -2.19. The summed E-state index contributed by atoms with van der Waals surface area (Å²) in [4.78, 5) is 3.20. The number of fused-ring (bicyclic) bond motifs is 1. The minimum atomic E-state index is -4.69. The molecular formula is C14H14F3N3O2S. The van der Waals surface area contributed by atoms with Crippen LogP contribution < -0.4 is 5.73 Å². The van der Waals surface area contributed by atoms with Gasteiger partial charge in [-0.05, 0) is 12.5 Å². The van der Waals surface area contributed by atoms with Crippen LogP contribution in [-0.4, -0.2) is 36.8 Å². The summed E-state index contributed by atoms with van der Waals surface area (Å²) < 4.78 is 66.4. The van der Waals surface area contributed by atoms with Crippen molar-refractivity contribution in [2.45, 2.75) is 23.5 Å². The molecule has 0 radical (unpaired) electrons. The molecule has 5 nitrogen and oxygen atoms in total. The van der Waals surface area contributed by atoms with Crippen LogP contribution in [0.15, 0.2) is 35.5 Å². The fourth-order valence-electron chi connectivity index (χ4n) is 2.74. The highest BCUT2D eigenvalue weighted by Crippen LogP contribution is 2.38. The van der Waals surface area contributed by atoms with Gasteiger partial charge in [-0.2, -0.15) is 17.5 Å². The molecule has 1 atom stereocenters. The molecule has 0 unspecified atom stereocenters. The van der Waals surface area contributed by atoms with Gasteiger partial charge in [-0.25, -0.2) is 8.42 Å². The van der Waals surface area contributed by atoms with Gasteiger partial charge in [-0.1, -0.05) is 12.1 Å². The van der Waals surface area contributed by atoms with E-state index >= 15 is 0 Å². The van der Waals surface area contributed by atoms with Gasteiger partial charge in [0.05, 0.1) is 10.5 Å². The molecule has 23 heavy (non-hydrogen) atoms. The first-order valence-corrected chi connectivity index (χ1v) is 8.35. The fourth-order valence-corrected chi connectivity index (χ4v) is 4.49. The average molecular weight is 345 g/mol. The number of rotatable bonds is 2. The van der Waals surface area contributed by atoms with E-state index in [1.54, 1.807) is 0 Å². The molecule has 0 amide bonds. The van der Waals surface area contributed by atoms with E-state index in [9.17, 15) is 21.6 Å². The minimum Gasteiger partial charge on any atom is -0.326 e. The molecule has 1 fully saturated rings. The number of halogens is 3. The molecule has 1 aromatic carbocycles. The molecule has 0 spiro atoms. The smallest absolute Gasteiger partial charge is 0.326 e. The van der Waals surface area contributed by atoms with Crippen LogP contribution in [0.4, 0.5) is 13.2 Å². The second-order valence-electron chi connectivity index (χ2n) is 5.45. The number of pyridine rings is 1. The maximum atomic E-state index is 13.3. The Bertz CT molecular complexity index is 847. The molecule has 1 saturated heterocycles. The molecule has 124 valence electrons. The molecule has 3 rings (SSSR count). The van der Waals surface area contributed by atoms with Crippen LogP contribution in [0.1, 0.15) is 12.0 Å². The van der Waals surface area contributed by atoms with Crippen molar-refractivity contribution >= 4 is 20.8 Å². The van der Waals surface area contributed by atoms with Crippen LogP contribution in [0.5, 0.6) is 0 Å². The maximum Gasteiger partial charge on any atom is 0.418 e. The lowest BCUT2D eigenvalue weighted by atomic mass is 10.1. The van der Waals surface area contributed by atoms with Crippen LogP contribution in [0.3, 0.4) is 0 Å². The van der Waals surface area contributed by atoms with Gasteiger partial charge in [0, 0.05) is 42.3 Å². The Morgan fingerprint density at radius 2 is 2.00 bits per heavy atom. The Hall–Kier alpha value is -1.71. The molecule has 2 N–H and O–H groups in total. The fraction of sp³-hybridized carbons (Fsp3) is 0.357. The van der Waals surface area contributed by atoms with Gasteiger partial charge in [0.25, 0.3) is 0 Å². The Morgan fingerprint density at radius 1 is 1.26 bits per heavy atom. The zero-order valence-corrected chi connectivity index (χ0v) is 12.7. The summed E-state index contributed by atoms with van der Waals surface area (Å²) in [6.07, 6.45) is -2.34. The molecule has 0 bridgehead atoms. The highest BCUT2D eigenvalue weighted by molar-refractivity contribution is 7.89. The van der Waals surface area contributed by atoms with Gasteiger partial charge in [-0.15, -0.1) is 0 Å². The molecule has 1 aromatic heterocycles. The zero-order valence-electron chi connectivity index (χ0n) is 11.9. The predicted octanol–water partition coefficient (Wildman–Crippen LogP) is 1.98. The minimum absolute atomic E-state index is 0.102. The quantitative estimate of drug-likeness (QED) is 0.903. The summed E-state index contributed by atoms with van der Waals surface area (Å²) in [7, 11) is -4.06. The molecule has 2 aromatic rings. The van der Waals surface area contributed by atoms with Crippen molar-refractivity contribution in [2.75, 3.05) is 13.1 Å². The standard InChI is InChI=1S/C14H14F3N3O2S/c15-14(16,17)11-7-19-6-9-2-1-3-12(13(9)11)23(21,22)20-5-4-10(18)8-20/h1-3,6-7,10H,4-5,8,18H2/t10-/m0/s1. The number of nitrogens with zero attached hydrogens (tertiary/aromatic N) is 2. The van der Waals surface area contributed by atoms with Crippen molar-refractivity contribution in [3.63, 3.8) is 0 Å². The first-order chi connectivity index (χ1) is 10.7. The zero-order chi connectivity index (χ0) is 16.8. The van der Waals surface area contributed by atoms with Crippen LogP contribution in [0.25, 0.3) is 10.8 Å². The molecular weight excluding hydrogens is 331 g/mol. The number of hydrogen-bond acceptors (Lipinski definition) is 4. The lowest BCUT2D eigenvalue weighted by Crippen LogP contribution is -2.32. The molecule has 0 saturated carbocycles. The highest BCUT2D eigenvalue weighted by Gasteiger charge is 2.37. The summed E-state index contributed by atoms with van der Waals surface area (Å²) in [5.41, 5.74) is 4.66. The number of alkyl halides is 3. The second-order valence-corrected chi connectivity index (χ2v) is 7.36. The number of benzene rings is 1. The summed E-state index contributed by atoms with van der Waals surface area (Å²) in [6.45, 7) is 0.303. The molecule has 2 heterocycles. The average Bonchev–Trinajstić information content (AvgIpc) is 2.92. The lowest BCUT2D eigenvalue weighted by molar-refractivity contribution is -0.136. The number of nitrogens with two attached hydrogens (primary N) is 1. The number of sulfonamides is 1. The van der Waals surface area contributed by atoms with Crippen molar-refractivity contribution in [2.24, 2.45) is 5.73 Å². The Balaban J connectivity index is 2.26. The first kappa shape index (κ1) is 16.2. The SMILES string of the molecule is N[C@H]1CCN(S(=O)(=O)c2cccc3cncc(C(F)(F)F)c23)C1. The van der Waals surface area contributed by atoms with E-state index in [0.29, 0.717) is 12.6 Å². The van der Waals surface area contributed by atoms with E-state index in [4.69, 9.17) is 5.73 Å². The van der Waals surface area contributed by atoms with Gasteiger partial charge in [0.15, 0.2) is 0 Å². The summed E-state index contributed by atoms with van der Waals surface area (Å²) in [5, 5.41) is -0.222.